The van der Waals surface area contributed by atoms with Crippen LogP contribution in [-0.2, 0) is 4.79 Å². The number of likely N-dealkylation sites (tertiary alicyclic amines) is 1. The molecule has 2 atom stereocenters. The van der Waals surface area contributed by atoms with Crippen molar-refractivity contribution in [3.05, 3.63) is 35.9 Å². The maximum absolute atomic E-state index is 12.9. The van der Waals surface area contributed by atoms with Crippen LogP contribution >= 0.6 is 12.4 Å². The molecule has 0 bridgehead atoms. The SMILES string of the molecule is CCCCC(CN)NC(=O)C1(C)CCCN(C(=O)c2ccccc2)C1.Cl. The summed E-state index contributed by atoms with van der Waals surface area (Å²) in [7, 11) is 0. The van der Waals surface area contributed by atoms with Crippen LogP contribution in [0.15, 0.2) is 30.3 Å². The number of nitrogens with one attached hydrogen (secondary N) is 1. The van der Waals surface area contributed by atoms with E-state index in [1.165, 1.54) is 0 Å². The minimum atomic E-state index is -0.553. The van der Waals surface area contributed by atoms with E-state index in [0.29, 0.717) is 25.2 Å². The summed E-state index contributed by atoms with van der Waals surface area (Å²) in [5.41, 5.74) is 5.93. The van der Waals surface area contributed by atoms with Crippen LogP contribution in [0.4, 0.5) is 0 Å². The van der Waals surface area contributed by atoms with E-state index < -0.39 is 5.41 Å². The first kappa shape index (κ1) is 22.5. The van der Waals surface area contributed by atoms with Gasteiger partial charge in [-0.25, -0.2) is 0 Å². The van der Waals surface area contributed by atoms with Crippen LogP contribution in [0.2, 0.25) is 0 Å². The van der Waals surface area contributed by atoms with E-state index in [1.54, 1.807) is 0 Å². The molecule has 5 nitrogen and oxygen atoms in total. The molecule has 146 valence electrons. The Morgan fingerprint density at radius 2 is 2.00 bits per heavy atom. The van der Waals surface area contributed by atoms with Crippen LogP contribution in [-0.4, -0.2) is 42.4 Å². The van der Waals surface area contributed by atoms with Crippen molar-refractivity contribution in [2.24, 2.45) is 11.1 Å². The third-order valence-corrected chi connectivity index (χ3v) is 5.08. The summed E-state index contributed by atoms with van der Waals surface area (Å²) in [6.07, 6.45) is 4.68. The molecule has 1 aromatic carbocycles. The lowest BCUT2D eigenvalue weighted by Crippen LogP contribution is -2.54. The molecule has 1 heterocycles. The van der Waals surface area contributed by atoms with Gasteiger partial charge in [0.15, 0.2) is 0 Å². The van der Waals surface area contributed by atoms with E-state index in [2.05, 4.69) is 12.2 Å². The molecule has 1 aliphatic heterocycles. The van der Waals surface area contributed by atoms with Crippen molar-refractivity contribution in [2.75, 3.05) is 19.6 Å². The zero-order valence-corrected chi connectivity index (χ0v) is 16.7. The first-order valence-electron chi connectivity index (χ1n) is 9.35. The number of nitrogens with zero attached hydrogens (tertiary/aromatic N) is 1. The predicted molar refractivity (Wildman–Crippen MR) is 107 cm³/mol. The van der Waals surface area contributed by atoms with Gasteiger partial charge in [-0.2, -0.15) is 0 Å². The summed E-state index contributed by atoms with van der Waals surface area (Å²) in [6, 6.07) is 9.29. The summed E-state index contributed by atoms with van der Waals surface area (Å²) in [5, 5.41) is 3.11. The number of amides is 2. The lowest BCUT2D eigenvalue weighted by atomic mass is 9.80. The van der Waals surface area contributed by atoms with E-state index in [1.807, 2.05) is 42.2 Å². The van der Waals surface area contributed by atoms with E-state index in [4.69, 9.17) is 5.73 Å². The van der Waals surface area contributed by atoms with Crippen molar-refractivity contribution in [3.63, 3.8) is 0 Å². The van der Waals surface area contributed by atoms with Crippen LogP contribution in [0.3, 0.4) is 0 Å². The largest absolute Gasteiger partial charge is 0.352 e. The standard InChI is InChI=1S/C20H31N3O2.ClH/c1-3-4-11-17(14-21)22-19(25)20(2)12-8-13-23(15-20)18(24)16-9-6-5-7-10-16;/h5-7,9-10,17H,3-4,8,11-15,21H2,1-2H3,(H,22,25);1H. The molecule has 6 heteroatoms. The average molecular weight is 382 g/mol. The topological polar surface area (TPSA) is 75.4 Å². The van der Waals surface area contributed by atoms with Gasteiger partial charge in [0.05, 0.1) is 5.41 Å². The third kappa shape index (κ3) is 5.71. The van der Waals surface area contributed by atoms with Gasteiger partial charge < -0.3 is 16.0 Å². The molecule has 1 saturated heterocycles. The summed E-state index contributed by atoms with van der Waals surface area (Å²) < 4.78 is 0. The number of unbranched alkanes of at least 4 members (excludes halogenated alkanes) is 1. The Bertz CT molecular complexity index is 582. The molecule has 0 radical (unpaired) electrons. The molecule has 0 saturated carbocycles. The van der Waals surface area contributed by atoms with Crippen molar-refractivity contribution in [1.82, 2.24) is 10.2 Å². The second kappa shape index (κ2) is 10.5. The minimum Gasteiger partial charge on any atom is -0.352 e. The van der Waals surface area contributed by atoms with E-state index >= 15 is 0 Å². The Morgan fingerprint density at radius 3 is 2.62 bits per heavy atom. The maximum atomic E-state index is 12.9. The quantitative estimate of drug-likeness (QED) is 0.762. The van der Waals surface area contributed by atoms with Crippen LogP contribution in [0, 0.1) is 5.41 Å². The van der Waals surface area contributed by atoms with Gasteiger partial charge in [-0.1, -0.05) is 38.0 Å². The van der Waals surface area contributed by atoms with Crippen LogP contribution in [0.25, 0.3) is 0 Å². The fourth-order valence-corrected chi connectivity index (χ4v) is 3.42. The highest BCUT2D eigenvalue weighted by atomic mass is 35.5. The maximum Gasteiger partial charge on any atom is 0.253 e. The molecule has 2 amide bonds. The molecule has 1 aliphatic rings. The zero-order valence-electron chi connectivity index (χ0n) is 15.9. The molecule has 1 fully saturated rings. The first-order valence-corrected chi connectivity index (χ1v) is 9.35. The molecule has 0 aliphatic carbocycles. The first-order chi connectivity index (χ1) is 12.0. The van der Waals surface area contributed by atoms with Crippen LogP contribution in [0.5, 0.6) is 0 Å². The number of benzene rings is 1. The molecule has 0 spiro atoms. The van der Waals surface area contributed by atoms with Crippen molar-refractivity contribution >= 4 is 24.2 Å². The Balaban J connectivity index is 0.00000338. The number of hydrogen-bond acceptors (Lipinski definition) is 3. The summed E-state index contributed by atoms with van der Waals surface area (Å²) in [5.74, 6) is 0.0188. The highest BCUT2D eigenvalue weighted by Gasteiger charge is 2.40. The van der Waals surface area contributed by atoms with Gasteiger partial charge in [0.25, 0.3) is 5.91 Å². The summed E-state index contributed by atoms with van der Waals surface area (Å²) >= 11 is 0. The molecule has 2 unspecified atom stereocenters. The number of rotatable bonds is 7. The number of nitrogens with two attached hydrogens (primary N) is 1. The summed E-state index contributed by atoms with van der Waals surface area (Å²) in [6.45, 7) is 5.70. The number of carbonyl (C=O) groups excluding carboxylic acids is 2. The monoisotopic (exact) mass is 381 g/mol. The highest BCUT2D eigenvalue weighted by Crippen LogP contribution is 2.30. The number of halogens is 1. The van der Waals surface area contributed by atoms with Gasteiger partial charge in [-0.3, -0.25) is 9.59 Å². The Kier molecular flexibility index (Phi) is 9.09. The lowest BCUT2D eigenvalue weighted by Gasteiger charge is -2.40. The molecule has 0 aromatic heterocycles. The molecule has 3 N–H and O–H groups in total. The predicted octanol–water partition coefficient (Wildman–Crippen LogP) is 2.98. The Morgan fingerprint density at radius 1 is 1.31 bits per heavy atom. The molecule has 1 aromatic rings. The smallest absolute Gasteiger partial charge is 0.253 e. The zero-order chi connectivity index (χ0) is 18.3. The van der Waals surface area contributed by atoms with Crippen molar-refractivity contribution < 1.29 is 9.59 Å². The fraction of sp³-hybridized carbons (Fsp3) is 0.600. The molecular weight excluding hydrogens is 350 g/mol. The van der Waals surface area contributed by atoms with E-state index in [0.717, 1.165) is 32.1 Å². The number of piperidine rings is 1. The molecule has 2 rings (SSSR count). The van der Waals surface area contributed by atoms with Crippen molar-refractivity contribution in [3.8, 4) is 0 Å². The van der Waals surface area contributed by atoms with Crippen molar-refractivity contribution in [2.45, 2.75) is 52.0 Å². The average Bonchev–Trinajstić information content (AvgIpc) is 2.65. The minimum absolute atomic E-state index is 0. The Labute approximate surface area is 163 Å². The number of hydrogen-bond donors (Lipinski definition) is 2. The third-order valence-electron chi connectivity index (χ3n) is 5.08. The van der Waals surface area contributed by atoms with Gasteiger partial charge in [0, 0.05) is 31.2 Å². The van der Waals surface area contributed by atoms with Gasteiger partial charge in [0.1, 0.15) is 0 Å². The van der Waals surface area contributed by atoms with Gasteiger partial charge in [0.2, 0.25) is 5.91 Å². The normalized spacial score (nSPS) is 20.8. The van der Waals surface area contributed by atoms with Crippen LogP contribution < -0.4 is 11.1 Å². The summed E-state index contributed by atoms with van der Waals surface area (Å²) in [4.78, 5) is 27.4. The molecule has 26 heavy (non-hydrogen) atoms. The van der Waals surface area contributed by atoms with E-state index in [-0.39, 0.29) is 30.3 Å². The molecular formula is C20H32ClN3O2. The highest BCUT2D eigenvalue weighted by molar-refractivity contribution is 5.95. The lowest BCUT2D eigenvalue weighted by molar-refractivity contribution is -0.133. The van der Waals surface area contributed by atoms with Gasteiger partial charge >= 0.3 is 0 Å². The number of carbonyl (C=O) groups is 2. The fourth-order valence-electron chi connectivity index (χ4n) is 3.42. The Hall–Kier alpha value is -1.59. The van der Waals surface area contributed by atoms with Gasteiger partial charge in [-0.05, 0) is 38.3 Å². The second-order valence-corrected chi connectivity index (χ2v) is 7.31. The van der Waals surface area contributed by atoms with Crippen LogP contribution in [0.1, 0.15) is 56.3 Å². The second-order valence-electron chi connectivity index (χ2n) is 7.31. The van der Waals surface area contributed by atoms with Gasteiger partial charge in [-0.15, -0.1) is 12.4 Å². The van der Waals surface area contributed by atoms with Crippen molar-refractivity contribution in [1.29, 1.82) is 0 Å². The van der Waals surface area contributed by atoms with E-state index in [9.17, 15) is 9.59 Å².